The maximum absolute atomic E-state index is 5.67. The molecule has 2 heteroatoms. The van der Waals surface area contributed by atoms with Crippen LogP contribution in [0.2, 0.25) is 0 Å². The van der Waals surface area contributed by atoms with Crippen molar-refractivity contribution in [2.24, 2.45) is 7.05 Å². The van der Waals surface area contributed by atoms with E-state index < -0.39 is 0 Å². The standard InChI is InChI=1S/C15H16NO/c1-11-16(2)14-10-13(8-9-15(14)17-11)12-6-4-3-5-7-12/h4,6-10H,3,5H2,1-2H3/q+1. The Hall–Kier alpha value is -1.83. The third kappa shape index (κ3) is 1.70. The molecule has 1 heterocycles. The van der Waals surface area contributed by atoms with Gasteiger partial charge in [-0.25, -0.2) is 0 Å². The first-order valence-electron chi connectivity index (χ1n) is 6.02. The lowest BCUT2D eigenvalue weighted by molar-refractivity contribution is -0.657. The highest BCUT2D eigenvalue weighted by Gasteiger charge is 2.15. The Morgan fingerprint density at radius 2 is 2.12 bits per heavy atom. The van der Waals surface area contributed by atoms with Crippen molar-refractivity contribution in [1.29, 1.82) is 0 Å². The first kappa shape index (κ1) is 10.3. The average molecular weight is 226 g/mol. The van der Waals surface area contributed by atoms with Gasteiger partial charge in [0.05, 0.1) is 6.92 Å². The molecule has 0 fully saturated rings. The normalized spacial score (nSPS) is 15.3. The van der Waals surface area contributed by atoms with Gasteiger partial charge in [0.1, 0.15) is 7.05 Å². The Kier molecular flexibility index (Phi) is 2.36. The second-order valence-electron chi connectivity index (χ2n) is 4.50. The minimum absolute atomic E-state index is 0.935. The first-order chi connectivity index (χ1) is 8.25. The van der Waals surface area contributed by atoms with Crippen molar-refractivity contribution >= 4 is 16.7 Å². The smallest absolute Gasteiger partial charge is 0.344 e. The maximum Gasteiger partial charge on any atom is 0.344 e. The van der Waals surface area contributed by atoms with Crippen molar-refractivity contribution in [1.82, 2.24) is 0 Å². The van der Waals surface area contributed by atoms with E-state index in [0.717, 1.165) is 29.8 Å². The van der Waals surface area contributed by atoms with Gasteiger partial charge in [0, 0.05) is 6.07 Å². The van der Waals surface area contributed by atoms with Crippen LogP contribution in [-0.4, -0.2) is 0 Å². The zero-order chi connectivity index (χ0) is 11.8. The molecule has 86 valence electrons. The van der Waals surface area contributed by atoms with E-state index in [2.05, 4.69) is 41.0 Å². The van der Waals surface area contributed by atoms with Crippen LogP contribution in [0.5, 0.6) is 0 Å². The third-order valence-corrected chi connectivity index (χ3v) is 3.38. The monoisotopic (exact) mass is 226 g/mol. The molecule has 0 aliphatic heterocycles. The van der Waals surface area contributed by atoms with Gasteiger partial charge in [-0.3, -0.25) is 0 Å². The van der Waals surface area contributed by atoms with E-state index in [9.17, 15) is 0 Å². The number of oxazole rings is 1. The summed E-state index contributed by atoms with van der Waals surface area (Å²) in [6, 6.07) is 6.39. The molecule has 17 heavy (non-hydrogen) atoms. The summed E-state index contributed by atoms with van der Waals surface area (Å²) in [4.78, 5) is 0. The van der Waals surface area contributed by atoms with Crippen molar-refractivity contribution in [2.45, 2.75) is 19.8 Å². The number of rotatable bonds is 1. The van der Waals surface area contributed by atoms with Crippen molar-refractivity contribution < 1.29 is 8.98 Å². The van der Waals surface area contributed by atoms with E-state index in [4.69, 9.17) is 4.42 Å². The van der Waals surface area contributed by atoms with Crippen molar-refractivity contribution in [3.05, 3.63) is 47.9 Å². The van der Waals surface area contributed by atoms with Crippen LogP contribution in [0.4, 0.5) is 0 Å². The number of nitrogens with zero attached hydrogens (tertiary/aromatic N) is 1. The summed E-state index contributed by atoms with van der Waals surface area (Å²) in [6.45, 7) is 1.99. The van der Waals surface area contributed by atoms with Crippen LogP contribution in [0.3, 0.4) is 0 Å². The van der Waals surface area contributed by atoms with Gasteiger partial charge in [-0.1, -0.05) is 24.3 Å². The molecule has 0 amide bonds. The van der Waals surface area contributed by atoms with Gasteiger partial charge >= 0.3 is 5.89 Å². The van der Waals surface area contributed by atoms with Gasteiger partial charge in [0.2, 0.25) is 5.58 Å². The SMILES string of the molecule is Cc1oc2ccc(C3=CCCC=C3)cc2[n+]1C. The number of hydrogen-bond acceptors (Lipinski definition) is 1. The third-order valence-electron chi connectivity index (χ3n) is 3.38. The molecule has 0 spiro atoms. The number of benzene rings is 1. The molecule has 1 aromatic carbocycles. The van der Waals surface area contributed by atoms with E-state index in [1.54, 1.807) is 0 Å². The van der Waals surface area contributed by atoms with Crippen molar-refractivity contribution in [3.8, 4) is 0 Å². The number of aromatic nitrogens is 1. The van der Waals surface area contributed by atoms with Gasteiger partial charge < -0.3 is 4.42 Å². The minimum atomic E-state index is 0.935. The van der Waals surface area contributed by atoms with Crippen LogP contribution in [-0.2, 0) is 7.05 Å². The van der Waals surface area contributed by atoms with Gasteiger partial charge in [-0.2, -0.15) is 4.57 Å². The molecular formula is C15H16NO+. The number of hydrogen-bond donors (Lipinski definition) is 0. The summed E-state index contributed by atoms with van der Waals surface area (Å²) in [5, 5.41) is 0. The second-order valence-corrected chi connectivity index (χ2v) is 4.50. The second kappa shape index (κ2) is 3.88. The van der Waals surface area contributed by atoms with Crippen LogP contribution >= 0.6 is 0 Å². The molecule has 1 aliphatic carbocycles. The summed E-state index contributed by atoms with van der Waals surface area (Å²) in [5.74, 6) is 0.935. The fourth-order valence-corrected chi connectivity index (χ4v) is 2.27. The first-order valence-corrected chi connectivity index (χ1v) is 6.02. The lowest BCUT2D eigenvalue weighted by Gasteiger charge is -2.05. The highest BCUT2D eigenvalue weighted by molar-refractivity contribution is 5.81. The molecule has 0 saturated carbocycles. The summed E-state index contributed by atoms with van der Waals surface area (Å²) >= 11 is 0. The van der Waals surface area contributed by atoms with E-state index in [-0.39, 0.29) is 0 Å². The molecule has 3 rings (SSSR count). The molecule has 0 N–H and O–H groups in total. The van der Waals surface area contributed by atoms with Crippen molar-refractivity contribution in [2.75, 3.05) is 0 Å². The van der Waals surface area contributed by atoms with E-state index in [1.165, 1.54) is 11.1 Å². The number of allylic oxidation sites excluding steroid dienone is 4. The fraction of sp³-hybridized carbons (Fsp3) is 0.267. The van der Waals surface area contributed by atoms with E-state index >= 15 is 0 Å². The topological polar surface area (TPSA) is 17.0 Å². The van der Waals surface area contributed by atoms with Crippen LogP contribution in [0.1, 0.15) is 24.3 Å². The Balaban J connectivity index is 2.15. The maximum atomic E-state index is 5.67. The Morgan fingerprint density at radius 1 is 1.24 bits per heavy atom. The molecule has 0 radical (unpaired) electrons. The van der Waals surface area contributed by atoms with Crippen LogP contribution < -0.4 is 4.57 Å². The summed E-state index contributed by atoms with van der Waals surface area (Å²) < 4.78 is 7.76. The molecule has 0 saturated heterocycles. The minimum Gasteiger partial charge on any atom is -0.402 e. The van der Waals surface area contributed by atoms with Gasteiger partial charge in [0.15, 0.2) is 0 Å². The zero-order valence-corrected chi connectivity index (χ0v) is 10.2. The van der Waals surface area contributed by atoms with Crippen molar-refractivity contribution in [3.63, 3.8) is 0 Å². The average Bonchev–Trinajstić information content (AvgIpc) is 2.66. The molecule has 2 aromatic rings. The molecular weight excluding hydrogens is 210 g/mol. The van der Waals surface area contributed by atoms with Gasteiger partial charge in [-0.15, -0.1) is 0 Å². The van der Waals surface area contributed by atoms with Crippen LogP contribution in [0, 0.1) is 6.92 Å². The van der Waals surface area contributed by atoms with Gasteiger partial charge in [0.25, 0.3) is 5.52 Å². The van der Waals surface area contributed by atoms with Gasteiger partial charge in [-0.05, 0) is 30.0 Å². The lowest BCUT2D eigenvalue weighted by atomic mass is 9.99. The Labute approximate surface area is 101 Å². The molecule has 2 nitrogen and oxygen atoms in total. The highest BCUT2D eigenvalue weighted by Crippen LogP contribution is 2.24. The van der Waals surface area contributed by atoms with Crippen LogP contribution in [0.15, 0.2) is 40.8 Å². The molecule has 0 bridgehead atoms. The largest absolute Gasteiger partial charge is 0.402 e. The molecule has 0 atom stereocenters. The fourth-order valence-electron chi connectivity index (χ4n) is 2.27. The quantitative estimate of drug-likeness (QED) is 0.682. The van der Waals surface area contributed by atoms with Crippen LogP contribution in [0.25, 0.3) is 16.7 Å². The number of aryl methyl sites for hydroxylation is 2. The van der Waals surface area contributed by atoms with E-state index in [1.807, 2.05) is 14.0 Å². The predicted octanol–water partition coefficient (Wildman–Crippen LogP) is 3.30. The molecule has 1 aromatic heterocycles. The highest BCUT2D eigenvalue weighted by atomic mass is 16.3. The lowest BCUT2D eigenvalue weighted by Crippen LogP contribution is -2.29. The number of fused-ring (bicyclic) bond motifs is 1. The van der Waals surface area contributed by atoms with E-state index in [0.29, 0.717) is 0 Å². The Bertz CT molecular complexity index is 632. The molecule has 0 unspecified atom stereocenters. The summed E-state index contributed by atoms with van der Waals surface area (Å²) in [5.41, 5.74) is 4.69. The Morgan fingerprint density at radius 3 is 2.88 bits per heavy atom. The zero-order valence-electron chi connectivity index (χ0n) is 10.2. The predicted molar refractivity (Wildman–Crippen MR) is 68.5 cm³/mol. The summed E-state index contributed by atoms with van der Waals surface area (Å²) in [7, 11) is 2.04. The molecule has 1 aliphatic rings. The summed E-state index contributed by atoms with van der Waals surface area (Å²) in [6.07, 6.45) is 9.04.